The fraction of sp³-hybridized carbons (Fsp3) is 0.250. The summed E-state index contributed by atoms with van der Waals surface area (Å²) in [6.45, 7) is 0. The van der Waals surface area contributed by atoms with Crippen molar-refractivity contribution >= 4 is 39.1 Å². The van der Waals surface area contributed by atoms with Gasteiger partial charge < -0.3 is 0 Å². The first-order chi connectivity index (χ1) is 6.36. The maximum atomic E-state index is 12.4. The van der Waals surface area contributed by atoms with Gasteiger partial charge in [-0.2, -0.15) is 13.2 Å². The van der Waals surface area contributed by atoms with Gasteiger partial charge in [0.1, 0.15) is 0 Å². The van der Waals surface area contributed by atoms with Gasteiger partial charge >= 0.3 is 6.18 Å². The zero-order valence-corrected chi connectivity index (χ0v) is 9.73. The minimum atomic E-state index is -4.46. The van der Waals surface area contributed by atoms with Gasteiger partial charge in [-0.05, 0) is 33.6 Å². The molecule has 1 aromatic rings. The van der Waals surface area contributed by atoms with E-state index in [1.807, 2.05) is 0 Å². The minimum absolute atomic E-state index is 0.0127. The lowest BCUT2D eigenvalue weighted by Crippen LogP contribution is -2.06. The zero-order valence-electron chi connectivity index (χ0n) is 6.63. The normalized spacial score (nSPS) is 11.9. The third kappa shape index (κ3) is 2.55. The predicted octanol–water partition coefficient (Wildman–Crippen LogP) is 4.86. The topological polar surface area (TPSA) is 0 Å². The summed E-state index contributed by atoms with van der Waals surface area (Å²) in [5, 5.41) is -0.341. The van der Waals surface area contributed by atoms with Gasteiger partial charge in [0.25, 0.3) is 0 Å². The molecule has 0 aliphatic rings. The third-order valence-corrected chi connectivity index (χ3v) is 3.12. The molecule has 0 spiro atoms. The molecule has 0 saturated carbocycles. The summed E-state index contributed by atoms with van der Waals surface area (Å²) in [5.74, 6) is 0.0127. The van der Waals surface area contributed by atoms with E-state index in [9.17, 15) is 13.2 Å². The fourth-order valence-corrected chi connectivity index (χ4v) is 1.81. The third-order valence-electron chi connectivity index (χ3n) is 1.55. The average Bonchev–Trinajstić information content (AvgIpc) is 2.07. The summed E-state index contributed by atoms with van der Waals surface area (Å²) in [5.41, 5.74) is -0.501. The molecule has 78 valence electrons. The van der Waals surface area contributed by atoms with Crippen LogP contribution >= 0.6 is 39.1 Å². The van der Waals surface area contributed by atoms with Crippen molar-refractivity contribution in [3.8, 4) is 0 Å². The number of hydrogen-bond acceptors (Lipinski definition) is 0. The van der Waals surface area contributed by atoms with Crippen molar-refractivity contribution in [3.05, 3.63) is 32.8 Å². The van der Waals surface area contributed by atoms with E-state index >= 15 is 0 Å². The SMILES string of the molecule is FC(F)(F)c1cc(CCl)cc(Br)c1Cl. The first kappa shape index (κ1) is 12.1. The Balaban J connectivity index is 3.35. The maximum absolute atomic E-state index is 12.4. The van der Waals surface area contributed by atoms with Crippen LogP contribution < -0.4 is 0 Å². The summed E-state index contributed by atoms with van der Waals surface area (Å²) in [4.78, 5) is 0. The fourth-order valence-electron chi connectivity index (χ4n) is 0.929. The van der Waals surface area contributed by atoms with Crippen LogP contribution in [0.3, 0.4) is 0 Å². The molecule has 0 fully saturated rings. The number of alkyl halides is 4. The number of halogens is 6. The van der Waals surface area contributed by atoms with E-state index in [1.165, 1.54) is 6.07 Å². The summed E-state index contributed by atoms with van der Waals surface area (Å²) in [6, 6.07) is 2.41. The molecule has 14 heavy (non-hydrogen) atoms. The Kier molecular flexibility index (Phi) is 3.72. The maximum Gasteiger partial charge on any atom is 0.417 e. The van der Waals surface area contributed by atoms with Crippen LogP contribution in [0.4, 0.5) is 13.2 Å². The zero-order chi connectivity index (χ0) is 10.9. The molecule has 0 bridgehead atoms. The Labute approximate surface area is 97.1 Å². The van der Waals surface area contributed by atoms with Crippen molar-refractivity contribution < 1.29 is 13.2 Å². The van der Waals surface area contributed by atoms with E-state index in [-0.39, 0.29) is 15.4 Å². The van der Waals surface area contributed by atoms with Crippen LogP contribution in [0.1, 0.15) is 11.1 Å². The Morgan fingerprint density at radius 2 is 1.86 bits per heavy atom. The summed E-state index contributed by atoms with van der Waals surface area (Å²) in [7, 11) is 0. The highest BCUT2D eigenvalue weighted by Crippen LogP contribution is 2.39. The molecule has 0 radical (unpaired) electrons. The van der Waals surface area contributed by atoms with Gasteiger partial charge in [-0.25, -0.2) is 0 Å². The molecule has 6 heteroatoms. The van der Waals surface area contributed by atoms with Gasteiger partial charge in [-0.15, -0.1) is 11.6 Å². The molecule has 1 rings (SSSR count). The highest BCUT2D eigenvalue weighted by atomic mass is 79.9. The van der Waals surface area contributed by atoms with Crippen molar-refractivity contribution in [2.45, 2.75) is 12.1 Å². The Morgan fingerprint density at radius 1 is 1.29 bits per heavy atom. The van der Waals surface area contributed by atoms with Gasteiger partial charge in [-0.3, -0.25) is 0 Å². The van der Waals surface area contributed by atoms with Crippen molar-refractivity contribution in [1.29, 1.82) is 0 Å². The standard InChI is InChI=1S/C8H4BrCl2F3/c9-6-2-4(3-10)1-5(7(6)11)8(12,13)14/h1-2H,3H2. The van der Waals surface area contributed by atoms with Crippen LogP contribution in [-0.4, -0.2) is 0 Å². The van der Waals surface area contributed by atoms with Gasteiger partial charge in [0, 0.05) is 10.4 Å². The Morgan fingerprint density at radius 3 is 2.29 bits per heavy atom. The molecule has 0 aliphatic carbocycles. The van der Waals surface area contributed by atoms with E-state index in [0.29, 0.717) is 5.56 Å². The van der Waals surface area contributed by atoms with E-state index in [4.69, 9.17) is 23.2 Å². The van der Waals surface area contributed by atoms with Crippen LogP contribution in [0.5, 0.6) is 0 Å². The van der Waals surface area contributed by atoms with Crippen molar-refractivity contribution in [2.75, 3.05) is 0 Å². The van der Waals surface area contributed by atoms with Gasteiger partial charge in [0.15, 0.2) is 0 Å². The second kappa shape index (κ2) is 4.29. The first-order valence-electron chi connectivity index (χ1n) is 3.47. The molecule has 0 saturated heterocycles. The Hall–Kier alpha value is 0.0700. The summed E-state index contributed by atoms with van der Waals surface area (Å²) < 4.78 is 37.4. The second-order valence-corrected chi connectivity index (χ2v) is 4.07. The number of hydrogen-bond donors (Lipinski definition) is 0. The highest BCUT2D eigenvalue weighted by molar-refractivity contribution is 9.10. The van der Waals surface area contributed by atoms with Crippen molar-refractivity contribution in [1.82, 2.24) is 0 Å². The van der Waals surface area contributed by atoms with E-state index in [0.717, 1.165) is 6.07 Å². The second-order valence-electron chi connectivity index (χ2n) is 2.57. The molecule has 0 N–H and O–H groups in total. The smallest absolute Gasteiger partial charge is 0.166 e. The molecule has 0 unspecified atom stereocenters. The van der Waals surface area contributed by atoms with Gasteiger partial charge in [-0.1, -0.05) is 11.6 Å². The molecular weight excluding hydrogens is 304 g/mol. The number of benzene rings is 1. The highest BCUT2D eigenvalue weighted by Gasteiger charge is 2.34. The lowest BCUT2D eigenvalue weighted by molar-refractivity contribution is -0.137. The van der Waals surface area contributed by atoms with E-state index < -0.39 is 11.7 Å². The summed E-state index contributed by atoms with van der Waals surface area (Å²) >= 11 is 13.9. The van der Waals surface area contributed by atoms with E-state index in [1.54, 1.807) is 0 Å². The molecule has 0 amide bonds. The van der Waals surface area contributed by atoms with Crippen LogP contribution in [-0.2, 0) is 12.1 Å². The molecule has 0 heterocycles. The van der Waals surface area contributed by atoms with Crippen molar-refractivity contribution in [3.63, 3.8) is 0 Å². The lowest BCUT2D eigenvalue weighted by Gasteiger charge is -2.11. The molecule has 0 aliphatic heterocycles. The largest absolute Gasteiger partial charge is 0.417 e. The van der Waals surface area contributed by atoms with Crippen LogP contribution in [0.25, 0.3) is 0 Å². The predicted molar refractivity (Wildman–Crippen MR) is 53.7 cm³/mol. The van der Waals surface area contributed by atoms with Crippen LogP contribution in [0.15, 0.2) is 16.6 Å². The molecule has 0 atom stereocenters. The molecule has 0 nitrogen and oxygen atoms in total. The first-order valence-corrected chi connectivity index (χ1v) is 5.18. The van der Waals surface area contributed by atoms with Crippen LogP contribution in [0.2, 0.25) is 5.02 Å². The van der Waals surface area contributed by atoms with Gasteiger partial charge in [0.05, 0.1) is 10.6 Å². The minimum Gasteiger partial charge on any atom is -0.166 e. The average molecular weight is 308 g/mol. The monoisotopic (exact) mass is 306 g/mol. The van der Waals surface area contributed by atoms with Crippen LogP contribution in [0, 0.1) is 0 Å². The summed E-state index contributed by atoms with van der Waals surface area (Å²) in [6.07, 6.45) is -4.46. The quantitative estimate of drug-likeness (QED) is 0.650. The molecule has 1 aromatic carbocycles. The molecule has 0 aromatic heterocycles. The molecular formula is C8H4BrCl2F3. The lowest BCUT2D eigenvalue weighted by atomic mass is 10.1. The van der Waals surface area contributed by atoms with Gasteiger partial charge in [0.2, 0.25) is 0 Å². The Bertz CT molecular complexity index is 349. The number of rotatable bonds is 1. The van der Waals surface area contributed by atoms with Crippen molar-refractivity contribution in [2.24, 2.45) is 0 Å². The van der Waals surface area contributed by atoms with E-state index in [2.05, 4.69) is 15.9 Å².